The van der Waals surface area contributed by atoms with Crippen LogP contribution in [0.15, 0.2) is 32.9 Å². The van der Waals surface area contributed by atoms with Crippen LogP contribution in [0.3, 0.4) is 0 Å². The molecule has 3 aliphatic rings. The normalized spacial score (nSPS) is 22.5. The third kappa shape index (κ3) is 3.53. The Bertz CT molecular complexity index is 651. The van der Waals surface area contributed by atoms with Crippen LogP contribution in [0, 0.1) is 0 Å². The van der Waals surface area contributed by atoms with E-state index in [-0.39, 0.29) is 12.0 Å². The van der Waals surface area contributed by atoms with E-state index in [0.29, 0.717) is 19.5 Å². The molecule has 4 rings (SSSR count). The van der Waals surface area contributed by atoms with E-state index < -0.39 is 0 Å². The highest BCUT2D eigenvalue weighted by atomic mass is 32.2. The van der Waals surface area contributed by atoms with E-state index in [1.54, 1.807) is 23.1 Å². The molecule has 4 heterocycles. The molecule has 7 heteroatoms. The number of thioether (sulfide) groups is 1. The minimum absolute atomic E-state index is 0.178. The van der Waals surface area contributed by atoms with Crippen LogP contribution in [0.4, 0.5) is 0 Å². The van der Waals surface area contributed by atoms with Crippen molar-refractivity contribution < 1.29 is 9.53 Å². The van der Waals surface area contributed by atoms with Gasteiger partial charge in [0.05, 0.1) is 19.1 Å². The summed E-state index contributed by atoms with van der Waals surface area (Å²) in [6.07, 6.45) is 2.78. The molecule has 0 saturated carbocycles. The third-order valence-corrected chi connectivity index (χ3v) is 6.22. The maximum Gasteiger partial charge on any atom is 0.228 e. The second kappa shape index (κ2) is 7.29. The fourth-order valence-corrected chi connectivity index (χ4v) is 4.89. The van der Waals surface area contributed by atoms with Crippen molar-refractivity contribution in [3.05, 3.63) is 33.5 Å². The molecule has 5 nitrogen and oxygen atoms in total. The molecule has 24 heavy (non-hydrogen) atoms. The molecule has 0 bridgehead atoms. The van der Waals surface area contributed by atoms with Gasteiger partial charge in [-0.2, -0.15) is 11.3 Å². The first-order chi connectivity index (χ1) is 11.8. The van der Waals surface area contributed by atoms with Crippen LogP contribution in [-0.2, 0) is 16.1 Å². The number of carbonyl (C=O) groups excluding carboxylic acids is 1. The van der Waals surface area contributed by atoms with Crippen molar-refractivity contribution in [1.82, 2.24) is 9.80 Å². The summed E-state index contributed by atoms with van der Waals surface area (Å²) < 4.78 is 5.75. The van der Waals surface area contributed by atoms with Crippen LogP contribution in [0.25, 0.3) is 0 Å². The average molecular weight is 364 g/mol. The largest absolute Gasteiger partial charge is 0.376 e. The summed E-state index contributed by atoms with van der Waals surface area (Å²) in [5, 5.41) is 7.30. The van der Waals surface area contributed by atoms with Gasteiger partial charge in [-0.1, -0.05) is 11.8 Å². The van der Waals surface area contributed by atoms with E-state index in [4.69, 9.17) is 4.74 Å². The van der Waals surface area contributed by atoms with Crippen molar-refractivity contribution >= 4 is 34.2 Å². The van der Waals surface area contributed by atoms with Gasteiger partial charge in [-0.3, -0.25) is 9.79 Å². The predicted molar refractivity (Wildman–Crippen MR) is 98.0 cm³/mol. The van der Waals surface area contributed by atoms with Gasteiger partial charge < -0.3 is 14.5 Å². The van der Waals surface area contributed by atoms with E-state index in [1.165, 1.54) is 5.56 Å². The summed E-state index contributed by atoms with van der Waals surface area (Å²) in [6, 6.07) is 2.09. The summed E-state index contributed by atoms with van der Waals surface area (Å²) in [5.41, 5.74) is 2.29. The minimum Gasteiger partial charge on any atom is -0.376 e. The van der Waals surface area contributed by atoms with Gasteiger partial charge in [0.15, 0.2) is 5.17 Å². The second-order valence-electron chi connectivity index (χ2n) is 6.26. The van der Waals surface area contributed by atoms with Crippen molar-refractivity contribution in [2.45, 2.75) is 31.9 Å². The molecule has 1 aromatic heterocycles. The zero-order chi connectivity index (χ0) is 16.4. The Morgan fingerprint density at radius 2 is 2.46 bits per heavy atom. The Morgan fingerprint density at radius 1 is 1.50 bits per heavy atom. The Hall–Kier alpha value is -1.31. The first-order valence-corrected chi connectivity index (χ1v) is 10.2. The Morgan fingerprint density at radius 3 is 3.25 bits per heavy atom. The van der Waals surface area contributed by atoms with E-state index in [9.17, 15) is 4.79 Å². The number of hydrogen-bond acceptors (Lipinski definition) is 6. The van der Waals surface area contributed by atoms with Crippen molar-refractivity contribution in [3.63, 3.8) is 0 Å². The number of amidine groups is 1. The number of fused-ring (bicyclic) bond motifs is 1. The van der Waals surface area contributed by atoms with E-state index >= 15 is 0 Å². The lowest BCUT2D eigenvalue weighted by Crippen LogP contribution is -2.38. The van der Waals surface area contributed by atoms with Crippen LogP contribution < -0.4 is 0 Å². The van der Waals surface area contributed by atoms with Gasteiger partial charge in [-0.15, -0.1) is 0 Å². The molecule has 0 aliphatic carbocycles. The molecule has 0 aromatic carbocycles. The zero-order valence-corrected chi connectivity index (χ0v) is 15.2. The SMILES string of the molecule is O=C(CC1=CSC2=NCCN12)N(Cc1ccsc1)C[C@H]1CCCO1. The molecule has 1 aromatic rings. The van der Waals surface area contributed by atoms with E-state index in [0.717, 1.165) is 43.4 Å². The number of nitrogens with zero attached hydrogens (tertiary/aromatic N) is 3. The highest BCUT2D eigenvalue weighted by Crippen LogP contribution is 2.31. The average Bonchev–Trinajstić information content (AvgIpc) is 3.34. The molecular weight excluding hydrogens is 342 g/mol. The summed E-state index contributed by atoms with van der Waals surface area (Å²) in [5.74, 6) is 0.178. The van der Waals surface area contributed by atoms with E-state index in [2.05, 4.69) is 32.1 Å². The highest BCUT2D eigenvalue weighted by Gasteiger charge is 2.30. The summed E-state index contributed by atoms with van der Waals surface area (Å²) in [6.45, 7) is 3.92. The highest BCUT2D eigenvalue weighted by molar-refractivity contribution is 8.16. The van der Waals surface area contributed by atoms with Crippen molar-refractivity contribution in [2.24, 2.45) is 4.99 Å². The van der Waals surface area contributed by atoms with E-state index in [1.807, 2.05) is 4.90 Å². The Labute approximate surface area is 150 Å². The lowest BCUT2D eigenvalue weighted by atomic mass is 10.2. The molecule has 0 spiro atoms. The third-order valence-electron chi connectivity index (χ3n) is 4.54. The van der Waals surface area contributed by atoms with Gasteiger partial charge in [0.25, 0.3) is 0 Å². The summed E-state index contributed by atoms with van der Waals surface area (Å²) in [7, 11) is 0. The number of rotatable bonds is 6. The van der Waals surface area contributed by atoms with Crippen LogP contribution in [0.5, 0.6) is 0 Å². The molecule has 1 saturated heterocycles. The standard InChI is InChI=1S/C17H21N3O2S2/c21-16(8-14-12-24-17-18-4-5-20(14)17)19(9-13-3-7-23-11-13)10-15-2-1-6-22-15/h3,7,11-12,15H,1-2,4-6,8-10H2/t15-/m1/s1. The maximum absolute atomic E-state index is 13.0. The topological polar surface area (TPSA) is 45.1 Å². The molecule has 128 valence electrons. The monoisotopic (exact) mass is 363 g/mol. The van der Waals surface area contributed by atoms with Crippen LogP contribution >= 0.6 is 23.1 Å². The number of aliphatic imine (C=N–C) groups is 1. The van der Waals surface area contributed by atoms with Crippen LogP contribution in [-0.4, -0.2) is 53.2 Å². The fourth-order valence-electron chi connectivity index (χ4n) is 3.27. The molecular formula is C17H21N3O2S2. The molecule has 0 unspecified atom stereocenters. The quantitative estimate of drug-likeness (QED) is 0.780. The second-order valence-corrected chi connectivity index (χ2v) is 7.88. The van der Waals surface area contributed by atoms with Gasteiger partial charge in [-0.25, -0.2) is 0 Å². The number of hydrogen-bond donors (Lipinski definition) is 0. The predicted octanol–water partition coefficient (Wildman–Crippen LogP) is 2.91. The molecule has 0 N–H and O–H groups in total. The smallest absolute Gasteiger partial charge is 0.228 e. The first-order valence-electron chi connectivity index (χ1n) is 8.38. The van der Waals surface area contributed by atoms with Gasteiger partial charge in [-0.05, 0) is 40.6 Å². The van der Waals surface area contributed by atoms with Crippen molar-refractivity contribution in [1.29, 1.82) is 0 Å². The number of carbonyl (C=O) groups is 1. The lowest BCUT2D eigenvalue weighted by molar-refractivity contribution is -0.132. The lowest BCUT2D eigenvalue weighted by Gasteiger charge is -2.26. The van der Waals surface area contributed by atoms with Crippen LogP contribution in [0.2, 0.25) is 0 Å². The first kappa shape index (κ1) is 16.2. The van der Waals surface area contributed by atoms with Gasteiger partial charge >= 0.3 is 0 Å². The fraction of sp³-hybridized carbons (Fsp3) is 0.529. The zero-order valence-electron chi connectivity index (χ0n) is 13.5. The minimum atomic E-state index is 0.178. The van der Waals surface area contributed by atoms with Gasteiger partial charge in [0.2, 0.25) is 5.91 Å². The summed E-state index contributed by atoms with van der Waals surface area (Å²) in [4.78, 5) is 21.6. The number of ether oxygens (including phenoxy) is 1. The van der Waals surface area contributed by atoms with Crippen LogP contribution in [0.1, 0.15) is 24.8 Å². The molecule has 1 amide bonds. The summed E-state index contributed by atoms with van der Waals surface area (Å²) >= 11 is 3.31. The Balaban J connectivity index is 1.43. The molecule has 1 atom stereocenters. The van der Waals surface area contributed by atoms with Crippen molar-refractivity contribution in [2.75, 3.05) is 26.2 Å². The van der Waals surface area contributed by atoms with Gasteiger partial charge in [0.1, 0.15) is 0 Å². The number of thiophene rings is 1. The van der Waals surface area contributed by atoms with Gasteiger partial charge in [0, 0.05) is 31.9 Å². The number of amides is 1. The van der Waals surface area contributed by atoms with Crippen molar-refractivity contribution in [3.8, 4) is 0 Å². The molecule has 3 aliphatic heterocycles. The Kier molecular flexibility index (Phi) is 4.91. The maximum atomic E-state index is 13.0. The molecule has 1 fully saturated rings. The molecule has 0 radical (unpaired) electrons.